The second-order valence-electron chi connectivity index (χ2n) is 6.46. The normalized spacial score (nSPS) is 12.8. The third-order valence-corrected chi connectivity index (χ3v) is 4.96. The number of fused-ring (bicyclic) bond motifs is 3. The standard InChI is InChI=1S/C20H19ClN4O/c1-4-18(26)13-6-7-15(21)14(9-13)19-22-10-17-12(3)24-16-8-5-11(2)23-20(16)25(17)19/h5-10,18,26H,4H2,1-3H3. The van der Waals surface area contributed by atoms with Crippen molar-refractivity contribution < 1.29 is 5.11 Å². The van der Waals surface area contributed by atoms with Crippen LogP contribution in [0, 0.1) is 13.8 Å². The zero-order valence-electron chi connectivity index (χ0n) is 14.9. The molecule has 0 radical (unpaired) electrons. The molecule has 132 valence electrons. The molecule has 1 aromatic carbocycles. The fourth-order valence-corrected chi connectivity index (χ4v) is 3.40. The molecule has 0 amide bonds. The molecule has 3 aromatic heterocycles. The van der Waals surface area contributed by atoms with E-state index in [1.165, 1.54) is 0 Å². The summed E-state index contributed by atoms with van der Waals surface area (Å²) in [4.78, 5) is 13.9. The van der Waals surface area contributed by atoms with Crippen molar-refractivity contribution in [1.29, 1.82) is 0 Å². The van der Waals surface area contributed by atoms with Gasteiger partial charge in [-0.05, 0) is 50.1 Å². The number of imidazole rings is 1. The summed E-state index contributed by atoms with van der Waals surface area (Å²) in [5, 5.41) is 10.8. The summed E-state index contributed by atoms with van der Waals surface area (Å²) in [6.45, 7) is 5.85. The number of rotatable bonds is 3. The van der Waals surface area contributed by atoms with Gasteiger partial charge in [-0.2, -0.15) is 0 Å². The molecule has 0 bridgehead atoms. The zero-order valence-corrected chi connectivity index (χ0v) is 15.6. The monoisotopic (exact) mass is 366 g/mol. The Hall–Kier alpha value is -2.50. The molecule has 0 aliphatic rings. The Morgan fingerprint density at radius 2 is 1.96 bits per heavy atom. The molecule has 3 heterocycles. The quantitative estimate of drug-likeness (QED) is 0.572. The van der Waals surface area contributed by atoms with Gasteiger partial charge in [-0.25, -0.2) is 15.0 Å². The van der Waals surface area contributed by atoms with E-state index in [2.05, 4.69) is 15.0 Å². The van der Waals surface area contributed by atoms with E-state index < -0.39 is 6.10 Å². The van der Waals surface area contributed by atoms with Gasteiger partial charge in [0.25, 0.3) is 0 Å². The van der Waals surface area contributed by atoms with Crippen LogP contribution in [0.2, 0.25) is 5.02 Å². The number of pyridine rings is 1. The van der Waals surface area contributed by atoms with Crippen molar-refractivity contribution in [2.45, 2.75) is 33.3 Å². The first kappa shape index (κ1) is 16.9. The Kier molecular flexibility index (Phi) is 4.13. The van der Waals surface area contributed by atoms with Crippen molar-refractivity contribution in [2.24, 2.45) is 0 Å². The van der Waals surface area contributed by atoms with Crippen LogP contribution in [-0.2, 0) is 0 Å². The summed E-state index contributed by atoms with van der Waals surface area (Å²) in [5.74, 6) is 0.698. The third-order valence-electron chi connectivity index (χ3n) is 4.63. The predicted molar refractivity (Wildman–Crippen MR) is 103 cm³/mol. The van der Waals surface area contributed by atoms with Gasteiger partial charge < -0.3 is 5.11 Å². The molecule has 0 saturated carbocycles. The molecule has 6 heteroatoms. The minimum atomic E-state index is -0.530. The largest absolute Gasteiger partial charge is 0.388 e. The molecule has 1 atom stereocenters. The lowest BCUT2D eigenvalue weighted by Crippen LogP contribution is -2.01. The number of aromatic nitrogens is 4. The van der Waals surface area contributed by atoms with Gasteiger partial charge in [0.05, 0.1) is 28.5 Å². The molecule has 0 spiro atoms. The highest BCUT2D eigenvalue weighted by Gasteiger charge is 2.17. The first-order chi connectivity index (χ1) is 12.5. The van der Waals surface area contributed by atoms with E-state index in [0.717, 1.165) is 39.2 Å². The first-order valence-electron chi connectivity index (χ1n) is 8.59. The molecule has 0 aliphatic heterocycles. The number of hydrogen-bond donors (Lipinski definition) is 1. The van der Waals surface area contributed by atoms with Crippen molar-refractivity contribution in [3.8, 4) is 11.4 Å². The summed E-state index contributed by atoms with van der Waals surface area (Å²) in [6.07, 6.45) is 1.90. The smallest absolute Gasteiger partial charge is 0.165 e. The Bertz CT molecular complexity index is 1140. The molecule has 0 aliphatic carbocycles. The lowest BCUT2D eigenvalue weighted by Gasteiger charge is -2.12. The number of halogens is 1. The highest BCUT2D eigenvalue weighted by molar-refractivity contribution is 6.33. The highest BCUT2D eigenvalue weighted by atomic mass is 35.5. The van der Waals surface area contributed by atoms with Gasteiger partial charge in [0.2, 0.25) is 0 Å². The predicted octanol–water partition coefficient (Wildman–Crippen LogP) is 4.66. The number of aliphatic hydroxyl groups excluding tert-OH is 1. The van der Waals surface area contributed by atoms with Crippen LogP contribution in [0.15, 0.2) is 36.5 Å². The molecule has 1 N–H and O–H groups in total. The van der Waals surface area contributed by atoms with Crippen LogP contribution >= 0.6 is 11.6 Å². The van der Waals surface area contributed by atoms with E-state index in [-0.39, 0.29) is 0 Å². The fourth-order valence-electron chi connectivity index (χ4n) is 3.19. The maximum Gasteiger partial charge on any atom is 0.165 e. The average Bonchev–Trinajstić information content (AvgIpc) is 3.08. The number of aliphatic hydroxyl groups is 1. The third kappa shape index (κ3) is 2.64. The molecule has 4 rings (SSSR count). The highest BCUT2D eigenvalue weighted by Crippen LogP contribution is 2.32. The molecule has 26 heavy (non-hydrogen) atoms. The minimum Gasteiger partial charge on any atom is -0.388 e. The van der Waals surface area contributed by atoms with Gasteiger partial charge in [0.1, 0.15) is 11.3 Å². The maximum atomic E-state index is 10.2. The van der Waals surface area contributed by atoms with Crippen LogP contribution < -0.4 is 0 Å². The van der Waals surface area contributed by atoms with E-state index in [1.54, 1.807) is 12.3 Å². The van der Waals surface area contributed by atoms with Crippen molar-refractivity contribution in [3.05, 3.63) is 58.5 Å². The number of nitrogens with zero attached hydrogens (tertiary/aromatic N) is 4. The van der Waals surface area contributed by atoms with Gasteiger partial charge in [-0.15, -0.1) is 0 Å². The van der Waals surface area contributed by atoms with Crippen LogP contribution in [0.5, 0.6) is 0 Å². The van der Waals surface area contributed by atoms with Crippen molar-refractivity contribution in [1.82, 2.24) is 19.4 Å². The Labute approximate surface area is 156 Å². The van der Waals surface area contributed by atoms with Gasteiger partial charge in [-0.1, -0.05) is 24.6 Å². The fraction of sp³-hybridized carbons (Fsp3) is 0.250. The number of benzene rings is 1. The van der Waals surface area contributed by atoms with E-state index in [9.17, 15) is 5.11 Å². The van der Waals surface area contributed by atoms with Crippen molar-refractivity contribution in [2.75, 3.05) is 0 Å². The summed E-state index contributed by atoms with van der Waals surface area (Å²) in [6, 6.07) is 9.47. The SMILES string of the molecule is CCC(O)c1ccc(Cl)c(-c2ncc3c(C)nc4ccc(C)nc4n23)c1. The van der Waals surface area contributed by atoms with Crippen LogP contribution in [0.4, 0.5) is 0 Å². The Morgan fingerprint density at radius 3 is 2.73 bits per heavy atom. The second kappa shape index (κ2) is 6.34. The van der Waals surface area contributed by atoms with Crippen LogP contribution in [0.25, 0.3) is 28.1 Å². The molecule has 1 unspecified atom stereocenters. The van der Waals surface area contributed by atoms with E-state index in [4.69, 9.17) is 11.6 Å². The lowest BCUT2D eigenvalue weighted by molar-refractivity contribution is 0.174. The molecule has 0 saturated heterocycles. The Balaban J connectivity index is 2.07. The van der Waals surface area contributed by atoms with Crippen LogP contribution in [0.1, 0.15) is 36.4 Å². The topological polar surface area (TPSA) is 63.3 Å². The lowest BCUT2D eigenvalue weighted by atomic mass is 10.0. The van der Waals surface area contributed by atoms with E-state index >= 15 is 0 Å². The molecular weight excluding hydrogens is 348 g/mol. The maximum absolute atomic E-state index is 10.2. The van der Waals surface area contributed by atoms with E-state index in [0.29, 0.717) is 17.3 Å². The number of aryl methyl sites for hydroxylation is 2. The summed E-state index contributed by atoms with van der Waals surface area (Å²) < 4.78 is 1.99. The zero-order chi connectivity index (χ0) is 18.4. The second-order valence-corrected chi connectivity index (χ2v) is 6.87. The molecular formula is C20H19ClN4O. The summed E-state index contributed by atoms with van der Waals surface area (Å²) in [5.41, 5.74) is 5.82. The van der Waals surface area contributed by atoms with Gasteiger partial charge in [0.15, 0.2) is 5.65 Å². The first-order valence-corrected chi connectivity index (χ1v) is 8.96. The Morgan fingerprint density at radius 1 is 1.15 bits per heavy atom. The minimum absolute atomic E-state index is 0.530. The summed E-state index contributed by atoms with van der Waals surface area (Å²) >= 11 is 6.49. The van der Waals surface area contributed by atoms with Crippen LogP contribution in [0.3, 0.4) is 0 Å². The van der Waals surface area contributed by atoms with Gasteiger partial charge in [0, 0.05) is 11.3 Å². The van der Waals surface area contributed by atoms with Crippen molar-refractivity contribution >= 4 is 28.3 Å². The summed E-state index contributed by atoms with van der Waals surface area (Å²) in [7, 11) is 0. The van der Waals surface area contributed by atoms with Crippen molar-refractivity contribution in [3.63, 3.8) is 0 Å². The van der Waals surface area contributed by atoms with Gasteiger partial charge >= 0.3 is 0 Å². The molecule has 4 aromatic rings. The van der Waals surface area contributed by atoms with Crippen LogP contribution in [-0.4, -0.2) is 24.5 Å². The molecule has 5 nitrogen and oxygen atoms in total. The number of hydrogen-bond acceptors (Lipinski definition) is 4. The van der Waals surface area contributed by atoms with E-state index in [1.807, 2.05) is 49.4 Å². The molecule has 0 fully saturated rings. The average molecular weight is 367 g/mol. The van der Waals surface area contributed by atoms with Gasteiger partial charge in [-0.3, -0.25) is 4.40 Å².